The van der Waals surface area contributed by atoms with Gasteiger partial charge in [-0.2, -0.15) is 14.6 Å². The lowest BCUT2D eigenvalue weighted by Crippen LogP contribution is -2.23. The Morgan fingerprint density at radius 2 is 1.70 bits per heavy atom. The first-order chi connectivity index (χ1) is 23.0. The lowest BCUT2D eigenvalue weighted by atomic mass is 10.1. The quantitative estimate of drug-likeness (QED) is 0.119. The number of benzene rings is 3. The van der Waals surface area contributed by atoms with Gasteiger partial charge in [0, 0.05) is 17.3 Å². The van der Waals surface area contributed by atoms with Crippen LogP contribution in [0.25, 0.3) is 40.1 Å². The first kappa shape index (κ1) is 32.0. The molecule has 0 aliphatic heterocycles. The summed E-state index contributed by atoms with van der Waals surface area (Å²) in [6.45, 7) is 5.38. The van der Waals surface area contributed by atoms with E-state index in [0.717, 1.165) is 41.6 Å². The predicted molar refractivity (Wildman–Crippen MR) is 188 cm³/mol. The van der Waals surface area contributed by atoms with E-state index in [2.05, 4.69) is 17.0 Å². The van der Waals surface area contributed by atoms with Gasteiger partial charge in [-0.1, -0.05) is 73.5 Å². The third-order valence-electron chi connectivity index (χ3n) is 7.28. The van der Waals surface area contributed by atoms with Crippen molar-refractivity contribution in [2.45, 2.75) is 33.1 Å². The SMILES string of the molecule is CCCCOc1ccc(/C=C/c2nc3s/c(=C\c4cn(-c5ccccc5)nc4-c4ccc(OCCC)c(Cl)c4)c(=O)n3n2)cc1OC. The van der Waals surface area contributed by atoms with Crippen molar-refractivity contribution in [3.05, 3.63) is 110 Å². The van der Waals surface area contributed by atoms with Crippen LogP contribution in [0.5, 0.6) is 17.2 Å². The number of nitrogens with zero attached hydrogens (tertiary/aromatic N) is 5. The van der Waals surface area contributed by atoms with Gasteiger partial charge < -0.3 is 14.2 Å². The zero-order valence-electron chi connectivity index (χ0n) is 26.4. The molecule has 0 bridgehead atoms. The van der Waals surface area contributed by atoms with Crippen molar-refractivity contribution in [2.75, 3.05) is 20.3 Å². The Balaban J connectivity index is 1.31. The second-order valence-electron chi connectivity index (χ2n) is 10.7. The highest BCUT2D eigenvalue weighted by Gasteiger charge is 2.16. The highest BCUT2D eigenvalue weighted by Crippen LogP contribution is 2.32. The lowest BCUT2D eigenvalue weighted by Gasteiger charge is -2.10. The van der Waals surface area contributed by atoms with Crippen molar-refractivity contribution < 1.29 is 14.2 Å². The first-order valence-corrected chi connectivity index (χ1v) is 16.6. The van der Waals surface area contributed by atoms with Crippen molar-refractivity contribution >= 4 is 46.1 Å². The van der Waals surface area contributed by atoms with E-state index < -0.39 is 0 Å². The van der Waals surface area contributed by atoms with Gasteiger partial charge in [0.2, 0.25) is 4.96 Å². The van der Waals surface area contributed by atoms with Crippen molar-refractivity contribution in [1.29, 1.82) is 0 Å². The van der Waals surface area contributed by atoms with Crippen LogP contribution in [-0.2, 0) is 0 Å². The summed E-state index contributed by atoms with van der Waals surface area (Å²) in [5, 5.41) is 9.84. The van der Waals surface area contributed by atoms with Crippen molar-refractivity contribution in [2.24, 2.45) is 0 Å². The third-order valence-corrected chi connectivity index (χ3v) is 8.54. The molecular weight excluding hydrogens is 634 g/mol. The van der Waals surface area contributed by atoms with E-state index in [0.29, 0.717) is 56.5 Å². The fraction of sp³-hybridized carbons (Fsp3) is 0.222. The zero-order valence-corrected chi connectivity index (χ0v) is 27.9. The molecule has 0 aliphatic carbocycles. The number of para-hydroxylation sites is 1. The molecule has 0 radical (unpaired) electrons. The normalized spacial score (nSPS) is 12.0. The summed E-state index contributed by atoms with van der Waals surface area (Å²) in [5.41, 5.74) is 3.76. The molecular formula is C36H34ClN5O4S. The van der Waals surface area contributed by atoms with Crippen molar-refractivity contribution in [3.63, 3.8) is 0 Å². The summed E-state index contributed by atoms with van der Waals surface area (Å²) in [7, 11) is 1.62. The average Bonchev–Trinajstić information content (AvgIpc) is 3.78. The second-order valence-corrected chi connectivity index (χ2v) is 12.1. The Labute approximate surface area is 281 Å². The predicted octanol–water partition coefficient (Wildman–Crippen LogP) is 7.35. The molecule has 0 N–H and O–H groups in total. The van der Waals surface area contributed by atoms with Crippen LogP contribution in [0.15, 0.2) is 77.7 Å². The van der Waals surface area contributed by atoms with Crippen LogP contribution in [0.2, 0.25) is 5.02 Å². The summed E-state index contributed by atoms with van der Waals surface area (Å²) in [4.78, 5) is 18.6. The number of hydrogen-bond donors (Lipinski definition) is 0. The van der Waals surface area contributed by atoms with Gasteiger partial charge in [-0.25, -0.2) is 4.68 Å². The van der Waals surface area contributed by atoms with Crippen LogP contribution in [0.3, 0.4) is 0 Å². The van der Waals surface area contributed by atoms with Gasteiger partial charge in [-0.05, 0) is 73.0 Å². The molecule has 0 amide bonds. The van der Waals surface area contributed by atoms with Crippen molar-refractivity contribution in [1.82, 2.24) is 24.4 Å². The van der Waals surface area contributed by atoms with Crippen LogP contribution in [0, 0.1) is 0 Å². The zero-order chi connectivity index (χ0) is 32.8. The molecule has 0 fully saturated rings. The number of fused-ring (bicyclic) bond motifs is 1. The Morgan fingerprint density at radius 1 is 0.894 bits per heavy atom. The van der Waals surface area contributed by atoms with Gasteiger partial charge in [0.05, 0.1) is 35.6 Å². The van der Waals surface area contributed by atoms with Crippen LogP contribution in [0.4, 0.5) is 0 Å². The first-order valence-electron chi connectivity index (χ1n) is 15.5. The highest BCUT2D eigenvalue weighted by atomic mass is 35.5. The van der Waals surface area contributed by atoms with Gasteiger partial charge in [0.25, 0.3) is 5.56 Å². The summed E-state index contributed by atoms with van der Waals surface area (Å²) in [5.74, 6) is 2.41. The number of thiazole rings is 1. The summed E-state index contributed by atoms with van der Waals surface area (Å²) >= 11 is 7.86. The molecule has 0 saturated carbocycles. The Morgan fingerprint density at radius 3 is 2.45 bits per heavy atom. The van der Waals surface area contributed by atoms with Gasteiger partial charge in [-0.3, -0.25) is 4.79 Å². The Kier molecular flexibility index (Phi) is 9.99. The molecule has 3 heterocycles. The lowest BCUT2D eigenvalue weighted by molar-refractivity contribution is 0.288. The average molecular weight is 668 g/mol. The molecule has 0 aliphatic rings. The van der Waals surface area contributed by atoms with Gasteiger partial charge in [0.1, 0.15) is 11.4 Å². The monoisotopic (exact) mass is 667 g/mol. The second kappa shape index (κ2) is 14.7. The van der Waals surface area contributed by atoms with Crippen LogP contribution < -0.4 is 24.3 Å². The molecule has 240 valence electrons. The van der Waals surface area contributed by atoms with Crippen LogP contribution in [0.1, 0.15) is 50.1 Å². The Hall–Kier alpha value is -4.93. The number of methoxy groups -OCH3 is 1. The van der Waals surface area contributed by atoms with E-state index in [4.69, 9.17) is 30.9 Å². The van der Waals surface area contributed by atoms with E-state index in [9.17, 15) is 4.79 Å². The molecule has 6 rings (SSSR count). The molecule has 3 aromatic carbocycles. The number of rotatable bonds is 13. The Bertz CT molecular complexity index is 2140. The maximum atomic E-state index is 13.5. The topological polar surface area (TPSA) is 92.8 Å². The molecule has 0 unspecified atom stereocenters. The van der Waals surface area contributed by atoms with Crippen LogP contribution in [-0.4, -0.2) is 44.7 Å². The van der Waals surface area contributed by atoms with Gasteiger partial charge in [-0.15, -0.1) is 5.10 Å². The summed E-state index contributed by atoms with van der Waals surface area (Å²) < 4.78 is 20.7. The number of unbranched alkanes of at least 4 members (excludes halogenated alkanes) is 1. The number of halogens is 1. The largest absolute Gasteiger partial charge is 0.493 e. The van der Waals surface area contributed by atoms with E-state index in [-0.39, 0.29) is 5.56 Å². The molecule has 0 spiro atoms. The van der Waals surface area contributed by atoms with E-state index in [1.54, 1.807) is 17.9 Å². The smallest absolute Gasteiger partial charge is 0.291 e. The fourth-order valence-electron chi connectivity index (χ4n) is 4.87. The molecule has 0 saturated heterocycles. The van der Waals surface area contributed by atoms with Gasteiger partial charge in [0.15, 0.2) is 17.3 Å². The number of aromatic nitrogens is 5. The minimum Gasteiger partial charge on any atom is -0.493 e. The molecule has 6 aromatic rings. The highest BCUT2D eigenvalue weighted by molar-refractivity contribution is 7.15. The van der Waals surface area contributed by atoms with E-state index in [1.807, 2.05) is 92.0 Å². The summed E-state index contributed by atoms with van der Waals surface area (Å²) in [6, 6.07) is 21.1. The van der Waals surface area contributed by atoms with Crippen molar-refractivity contribution in [3.8, 4) is 34.2 Å². The maximum Gasteiger partial charge on any atom is 0.291 e. The molecule has 9 nitrogen and oxygen atoms in total. The minimum absolute atomic E-state index is 0.257. The molecule has 11 heteroatoms. The van der Waals surface area contributed by atoms with Crippen LogP contribution >= 0.6 is 22.9 Å². The number of ether oxygens (including phenoxy) is 3. The fourth-order valence-corrected chi connectivity index (χ4v) is 6.01. The molecule has 0 atom stereocenters. The maximum absolute atomic E-state index is 13.5. The van der Waals surface area contributed by atoms with Gasteiger partial charge >= 0.3 is 0 Å². The standard InChI is InChI=1S/C36H34ClN5O4S/c1-4-6-19-46-30-15-12-24(20-31(30)44-3)13-17-33-38-36-42(39-33)35(43)32(47-36)22-26-23-41(27-10-8-7-9-11-27)40-34(26)25-14-16-29(28(37)21-25)45-18-5-2/h7-17,20-23H,4-6,18-19H2,1-3H3/b17-13+,32-22-. The number of hydrogen-bond acceptors (Lipinski definition) is 8. The van der Waals surface area contributed by atoms with E-state index in [1.165, 1.54) is 15.9 Å². The summed E-state index contributed by atoms with van der Waals surface area (Å²) in [6.07, 6.45) is 10.3. The third kappa shape index (κ3) is 7.24. The molecule has 3 aromatic heterocycles. The van der Waals surface area contributed by atoms with E-state index >= 15 is 0 Å². The molecule has 47 heavy (non-hydrogen) atoms. The minimum atomic E-state index is -0.257.